The summed E-state index contributed by atoms with van der Waals surface area (Å²) in [5.74, 6) is 0.526. The molecule has 1 aliphatic rings. The van der Waals surface area contributed by atoms with Crippen LogP contribution in [-0.2, 0) is 0 Å². The molecule has 0 nitrogen and oxygen atoms in total. The van der Waals surface area contributed by atoms with E-state index in [1.165, 1.54) is 22.3 Å². The molecule has 0 saturated heterocycles. The lowest BCUT2D eigenvalue weighted by Gasteiger charge is -2.23. The smallest absolute Gasteiger partial charge is 0.00858 e. The molecule has 1 atom stereocenters. The normalized spacial score (nSPS) is 22.6. The van der Waals surface area contributed by atoms with Crippen LogP contribution in [0.4, 0.5) is 0 Å². The van der Waals surface area contributed by atoms with E-state index in [-0.39, 0.29) is 0 Å². The SMILES string of the molecule is C=C/C(C)=C(\C=C/C)C1CC=C(C)C=C1C. The molecule has 0 spiro atoms. The van der Waals surface area contributed by atoms with Crippen molar-refractivity contribution < 1.29 is 0 Å². The van der Waals surface area contributed by atoms with Crippen LogP contribution in [0.1, 0.15) is 34.1 Å². The van der Waals surface area contributed by atoms with Gasteiger partial charge in [-0.15, -0.1) is 0 Å². The Hall–Kier alpha value is -1.30. The Kier molecular flexibility index (Phi) is 4.54. The van der Waals surface area contributed by atoms with Crippen LogP contribution in [0.5, 0.6) is 0 Å². The van der Waals surface area contributed by atoms with Gasteiger partial charge in [-0.2, -0.15) is 0 Å². The highest BCUT2D eigenvalue weighted by Gasteiger charge is 2.17. The fourth-order valence-electron chi connectivity index (χ4n) is 2.20. The fraction of sp³-hybridized carbons (Fsp3) is 0.375. The Labute approximate surface area is 99.8 Å². The fourth-order valence-corrected chi connectivity index (χ4v) is 2.20. The highest BCUT2D eigenvalue weighted by Crippen LogP contribution is 2.32. The molecule has 0 aliphatic heterocycles. The monoisotopic (exact) mass is 214 g/mol. The van der Waals surface area contributed by atoms with Gasteiger partial charge in [0.2, 0.25) is 0 Å². The summed E-state index contributed by atoms with van der Waals surface area (Å²) in [6, 6.07) is 0. The Bertz CT molecular complexity index is 386. The molecule has 0 radical (unpaired) electrons. The molecule has 1 aliphatic carbocycles. The number of hydrogen-bond donors (Lipinski definition) is 0. The zero-order valence-electron chi connectivity index (χ0n) is 10.9. The number of hydrogen-bond acceptors (Lipinski definition) is 0. The van der Waals surface area contributed by atoms with Crippen molar-refractivity contribution in [1.82, 2.24) is 0 Å². The molecular formula is C16H22. The van der Waals surface area contributed by atoms with E-state index in [1.54, 1.807) is 0 Å². The molecule has 1 rings (SSSR count). The maximum atomic E-state index is 3.87. The summed E-state index contributed by atoms with van der Waals surface area (Å²) in [6.45, 7) is 12.5. The molecular weight excluding hydrogens is 192 g/mol. The summed E-state index contributed by atoms with van der Waals surface area (Å²) in [6.07, 6.45) is 12.0. The van der Waals surface area contributed by atoms with Gasteiger partial charge in [0.15, 0.2) is 0 Å². The van der Waals surface area contributed by atoms with Crippen molar-refractivity contribution in [2.75, 3.05) is 0 Å². The molecule has 0 saturated carbocycles. The Morgan fingerprint density at radius 3 is 2.62 bits per heavy atom. The second-order valence-electron chi connectivity index (χ2n) is 4.47. The van der Waals surface area contributed by atoms with Crippen LogP contribution >= 0.6 is 0 Å². The molecule has 16 heavy (non-hydrogen) atoms. The third-order valence-electron chi connectivity index (χ3n) is 3.16. The average molecular weight is 214 g/mol. The summed E-state index contributed by atoms with van der Waals surface area (Å²) in [5.41, 5.74) is 5.51. The predicted octanol–water partition coefficient (Wildman–Crippen LogP) is 4.98. The van der Waals surface area contributed by atoms with Crippen LogP contribution in [-0.4, -0.2) is 0 Å². The topological polar surface area (TPSA) is 0 Å². The molecule has 0 heterocycles. The first-order valence-corrected chi connectivity index (χ1v) is 5.91. The van der Waals surface area contributed by atoms with Crippen molar-refractivity contribution in [3.63, 3.8) is 0 Å². The van der Waals surface area contributed by atoms with Gasteiger partial charge < -0.3 is 0 Å². The minimum atomic E-state index is 0.526. The van der Waals surface area contributed by atoms with Crippen molar-refractivity contribution in [2.45, 2.75) is 34.1 Å². The van der Waals surface area contributed by atoms with E-state index in [4.69, 9.17) is 0 Å². The molecule has 1 unspecified atom stereocenters. The Morgan fingerprint density at radius 2 is 2.12 bits per heavy atom. The van der Waals surface area contributed by atoms with Gasteiger partial charge in [-0.05, 0) is 45.3 Å². The Morgan fingerprint density at radius 1 is 1.44 bits per heavy atom. The highest BCUT2D eigenvalue weighted by molar-refractivity contribution is 5.41. The molecule has 0 fully saturated rings. The lowest BCUT2D eigenvalue weighted by molar-refractivity contribution is 0.721. The standard InChI is InChI=1S/C16H22/c1-6-8-15(13(4)7-2)16-10-9-12(3)11-14(16)5/h6-9,11,16H,2,10H2,1,3-5H3/b8-6-,15-13+. The van der Waals surface area contributed by atoms with Crippen LogP contribution in [0.25, 0.3) is 0 Å². The van der Waals surface area contributed by atoms with Crippen molar-refractivity contribution in [3.05, 3.63) is 59.3 Å². The van der Waals surface area contributed by atoms with E-state index in [0.29, 0.717) is 5.92 Å². The minimum Gasteiger partial charge on any atom is -0.0988 e. The lowest BCUT2D eigenvalue weighted by Crippen LogP contribution is -2.08. The molecule has 0 heteroatoms. The van der Waals surface area contributed by atoms with Crippen molar-refractivity contribution in [1.29, 1.82) is 0 Å². The van der Waals surface area contributed by atoms with Crippen molar-refractivity contribution in [3.8, 4) is 0 Å². The summed E-state index contributed by atoms with van der Waals surface area (Å²) in [5, 5.41) is 0. The second kappa shape index (κ2) is 5.69. The minimum absolute atomic E-state index is 0.526. The third-order valence-corrected chi connectivity index (χ3v) is 3.16. The van der Waals surface area contributed by atoms with Crippen LogP contribution in [0.2, 0.25) is 0 Å². The molecule has 0 aromatic rings. The van der Waals surface area contributed by atoms with Gasteiger partial charge in [0.1, 0.15) is 0 Å². The summed E-state index contributed by atoms with van der Waals surface area (Å²) in [4.78, 5) is 0. The molecule has 0 aromatic heterocycles. The first-order valence-electron chi connectivity index (χ1n) is 5.91. The van der Waals surface area contributed by atoms with Crippen LogP contribution in [0.3, 0.4) is 0 Å². The quantitative estimate of drug-likeness (QED) is 0.581. The third kappa shape index (κ3) is 2.85. The number of rotatable bonds is 3. The second-order valence-corrected chi connectivity index (χ2v) is 4.47. The molecule has 86 valence electrons. The lowest BCUT2D eigenvalue weighted by atomic mass is 9.82. The van der Waals surface area contributed by atoms with E-state index in [1.807, 2.05) is 6.08 Å². The maximum Gasteiger partial charge on any atom is 0.00858 e. The largest absolute Gasteiger partial charge is 0.0988 e. The van der Waals surface area contributed by atoms with E-state index in [2.05, 4.69) is 58.6 Å². The van der Waals surface area contributed by atoms with Gasteiger partial charge in [-0.25, -0.2) is 0 Å². The van der Waals surface area contributed by atoms with Gasteiger partial charge in [-0.1, -0.05) is 48.1 Å². The highest BCUT2D eigenvalue weighted by atomic mass is 14.2. The van der Waals surface area contributed by atoms with Gasteiger partial charge in [0, 0.05) is 5.92 Å². The Balaban J connectivity index is 3.09. The zero-order chi connectivity index (χ0) is 12.1. The van der Waals surface area contributed by atoms with Gasteiger partial charge in [0.05, 0.1) is 0 Å². The van der Waals surface area contributed by atoms with Gasteiger partial charge >= 0.3 is 0 Å². The van der Waals surface area contributed by atoms with E-state index in [9.17, 15) is 0 Å². The van der Waals surface area contributed by atoms with Crippen molar-refractivity contribution in [2.24, 2.45) is 5.92 Å². The maximum absolute atomic E-state index is 3.87. The predicted molar refractivity (Wildman–Crippen MR) is 73.3 cm³/mol. The van der Waals surface area contributed by atoms with E-state index >= 15 is 0 Å². The van der Waals surface area contributed by atoms with Gasteiger partial charge in [0.25, 0.3) is 0 Å². The molecule has 0 bridgehead atoms. The summed E-state index contributed by atoms with van der Waals surface area (Å²) >= 11 is 0. The first kappa shape index (κ1) is 12.8. The summed E-state index contributed by atoms with van der Waals surface area (Å²) in [7, 11) is 0. The van der Waals surface area contributed by atoms with E-state index in [0.717, 1.165) is 6.42 Å². The molecule has 0 aromatic carbocycles. The first-order chi connectivity index (χ1) is 7.60. The van der Waals surface area contributed by atoms with Gasteiger partial charge in [-0.3, -0.25) is 0 Å². The van der Waals surface area contributed by atoms with Crippen molar-refractivity contribution >= 4 is 0 Å². The van der Waals surface area contributed by atoms with Crippen LogP contribution in [0.15, 0.2) is 59.3 Å². The zero-order valence-corrected chi connectivity index (χ0v) is 10.9. The number of allylic oxidation sites excluding steroid dienone is 9. The van der Waals surface area contributed by atoms with E-state index < -0.39 is 0 Å². The van der Waals surface area contributed by atoms with Crippen LogP contribution in [0, 0.1) is 5.92 Å². The molecule has 0 N–H and O–H groups in total. The summed E-state index contributed by atoms with van der Waals surface area (Å²) < 4.78 is 0. The average Bonchev–Trinajstić information content (AvgIpc) is 2.26. The van der Waals surface area contributed by atoms with Crippen LogP contribution < -0.4 is 0 Å². The molecule has 0 amide bonds.